The number of hydrogen-bond acceptors (Lipinski definition) is 7. The first-order chi connectivity index (χ1) is 20.2. The van der Waals surface area contributed by atoms with Crippen molar-refractivity contribution < 1.29 is 19.2 Å². The van der Waals surface area contributed by atoms with E-state index >= 15 is 0 Å². The van der Waals surface area contributed by atoms with Crippen LogP contribution in [0.2, 0.25) is 0 Å². The van der Waals surface area contributed by atoms with E-state index in [1.165, 1.54) is 21.9 Å². The monoisotopic (exact) mass is 581 g/mol. The third-order valence-corrected chi connectivity index (χ3v) is 7.21. The normalized spacial score (nSPS) is 14.5. The van der Waals surface area contributed by atoms with Gasteiger partial charge < -0.3 is 9.30 Å². The average molecular weight is 582 g/mol. The number of ether oxygens (including phenoxy) is 1. The molecule has 5 rings (SSSR count). The fraction of sp³-hybridized carbons (Fsp3) is 0.161. The van der Waals surface area contributed by atoms with Crippen LogP contribution in [0.3, 0.4) is 0 Å². The molecule has 10 nitrogen and oxygen atoms in total. The van der Waals surface area contributed by atoms with E-state index in [9.17, 15) is 19.7 Å². The second kappa shape index (κ2) is 11.8. The first-order valence-corrected chi connectivity index (χ1v) is 13.6. The Labute approximate surface area is 247 Å². The number of anilines is 1. The first-order valence-electron chi connectivity index (χ1n) is 13.2. The van der Waals surface area contributed by atoms with Gasteiger partial charge in [-0.15, -0.1) is 0 Å². The maximum atomic E-state index is 13.7. The predicted octanol–water partition coefficient (Wildman–Crippen LogP) is 6.14. The summed E-state index contributed by atoms with van der Waals surface area (Å²) in [5, 5.41) is 11.0. The topological polar surface area (TPSA) is 111 Å². The summed E-state index contributed by atoms with van der Waals surface area (Å²) in [5.74, 6) is -0.130. The quantitative estimate of drug-likeness (QED) is 0.0808. The molecule has 0 atom stereocenters. The van der Waals surface area contributed by atoms with E-state index in [0.717, 1.165) is 28.8 Å². The highest BCUT2D eigenvalue weighted by molar-refractivity contribution is 7.80. The van der Waals surface area contributed by atoms with Crippen LogP contribution in [-0.2, 0) is 9.59 Å². The van der Waals surface area contributed by atoms with Crippen LogP contribution in [-0.4, -0.2) is 42.8 Å². The third-order valence-electron chi connectivity index (χ3n) is 6.81. The van der Waals surface area contributed by atoms with E-state index in [1.54, 1.807) is 30.3 Å². The van der Waals surface area contributed by atoms with Gasteiger partial charge in [0.05, 0.1) is 10.6 Å². The first kappa shape index (κ1) is 28.4. The van der Waals surface area contributed by atoms with Crippen molar-refractivity contribution in [3.63, 3.8) is 0 Å². The van der Waals surface area contributed by atoms with E-state index in [4.69, 9.17) is 17.0 Å². The lowest BCUT2D eigenvalue weighted by Gasteiger charge is -2.36. The zero-order valence-corrected chi connectivity index (χ0v) is 24.0. The van der Waals surface area contributed by atoms with Gasteiger partial charge in [0.15, 0.2) is 5.11 Å². The number of thiocarbonyl (C=S) groups is 1. The number of nitrogens with zero attached hydrogens (tertiary/aromatic N) is 5. The molecule has 1 aliphatic rings. The summed E-state index contributed by atoms with van der Waals surface area (Å²) in [6.45, 7) is 6.22. The molecule has 0 N–H and O–H groups in total. The second-order valence-electron chi connectivity index (χ2n) is 9.64. The van der Waals surface area contributed by atoms with E-state index < -0.39 is 16.7 Å². The molecule has 2 aromatic heterocycles. The Morgan fingerprint density at radius 2 is 1.69 bits per heavy atom. The number of pyridine rings is 1. The van der Waals surface area contributed by atoms with Gasteiger partial charge >= 0.3 is 0 Å². The lowest BCUT2D eigenvalue weighted by molar-refractivity contribution is -0.385. The maximum Gasteiger partial charge on any atom is 0.287 e. The van der Waals surface area contributed by atoms with Gasteiger partial charge in [0.1, 0.15) is 17.5 Å². The lowest BCUT2D eigenvalue weighted by atomic mass is 10.1. The summed E-state index contributed by atoms with van der Waals surface area (Å²) in [5.41, 5.74) is 3.85. The molecular weight excluding hydrogens is 554 g/mol. The number of nitro groups is 1. The van der Waals surface area contributed by atoms with Crippen LogP contribution in [0.1, 0.15) is 30.3 Å². The number of para-hydroxylation sites is 1. The molecule has 0 radical (unpaired) electrons. The zero-order valence-electron chi connectivity index (χ0n) is 23.2. The molecular formula is C31H27N5O5S. The van der Waals surface area contributed by atoms with Crippen molar-refractivity contribution in [3.05, 3.63) is 112 Å². The van der Waals surface area contributed by atoms with Crippen molar-refractivity contribution in [2.45, 2.75) is 27.2 Å². The fourth-order valence-corrected chi connectivity index (χ4v) is 5.17. The molecule has 2 aromatic carbocycles. The number of carbonyl (C=O) groups excluding carboxylic acids is 2. The summed E-state index contributed by atoms with van der Waals surface area (Å²) in [6, 6.07) is 21.0. The van der Waals surface area contributed by atoms with Gasteiger partial charge in [-0.3, -0.25) is 29.5 Å². The highest BCUT2D eigenvalue weighted by Gasteiger charge is 2.40. The van der Waals surface area contributed by atoms with Crippen LogP contribution in [0, 0.1) is 24.0 Å². The standard InChI is InChI=1S/C31H27N5O5S/c1-4-16-33-29(37)27(30(38)35(31(33)42)23-8-6-5-7-9-23)18-22-17-20(2)34(21(22)3)24-10-13-26(14-11-24)41-28-15-12-25(19-32-28)36(39)40/h5-15,17-19H,4,16H2,1-3H3. The van der Waals surface area contributed by atoms with Gasteiger partial charge in [0, 0.05) is 35.8 Å². The molecule has 1 saturated heterocycles. The van der Waals surface area contributed by atoms with Crippen LogP contribution < -0.4 is 9.64 Å². The zero-order chi connectivity index (χ0) is 30.0. The molecule has 1 fully saturated rings. The Balaban J connectivity index is 1.45. The SMILES string of the molecule is CCCN1C(=O)C(=Cc2cc(C)n(-c3ccc(Oc4ccc([N+](=O)[O-])cn4)cc3)c2C)C(=O)N(c2ccccc2)C1=S. The Morgan fingerprint density at radius 1 is 0.976 bits per heavy atom. The van der Waals surface area contributed by atoms with Crippen molar-refractivity contribution in [1.29, 1.82) is 0 Å². The highest BCUT2D eigenvalue weighted by Crippen LogP contribution is 2.30. The third kappa shape index (κ3) is 5.41. The van der Waals surface area contributed by atoms with E-state index in [-0.39, 0.29) is 22.3 Å². The van der Waals surface area contributed by atoms with E-state index in [0.29, 0.717) is 24.4 Å². The largest absolute Gasteiger partial charge is 0.439 e. The summed E-state index contributed by atoms with van der Waals surface area (Å²) >= 11 is 5.59. The van der Waals surface area contributed by atoms with Crippen LogP contribution in [0.15, 0.2) is 84.6 Å². The predicted molar refractivity (Wildman–Crippen MR) is 163 cm³/mol. The number of hydrogen-bond donors (Lipinski definition) is 0. The van der Waals surface area contributed by atoms with Crippen molar-refractivity contribution >= 4 is 46.6 Å². The van der Waals surface area contributed by atoms with E-state index in [2.05, 4.69) is 4.98 Å². The minimum Gasteiger partial charge on any atom is -0.439 e. The smallest absolute Gasteiger partial charge is 0.287 e. The molecule has 4 aromatic rings. The Kier molecular flexibility index (Phi) is 7.94. The van der Waals surface area contributed by atoms with E-state index in [1.807, 2.05) is 61.7 Å². The number of carbonyl (C=O) groups is 2. The Bertz CT molecular complexity index is 1710. The molecule has 0 saturated carbocycles. The second-order valence-corrected chi connectivity index (χ2v) is 10.0. The molecule has 42 heavy (non-hydrogen) atoms. The number of benzene rings is 2. The van der Waals surface area contributed by atoms with Gasteiger partial charge in [0.2, 0.25) is 5.88 Å². The number of rotatable bonds is 8. The molecule has 11 heteroatoms. The molecule has 1 aliphatic heterocycles. The molecule has 0 unspecified atom stereocenters. The lowest BCUT2D eigenvalue weighted by Crippen LogP contribution is -2.56. The summed E-state index contributed by atoms with van der Waals surface area (Å²) in [7, 11) is 0. The van der Waals surface area contributed by atoms with Crippen molar-refractivity contribution in [3.8, 4) is 17.3 Å². The van der Waals surface area contributed by atoms with Gasteiger partial charge in [0.25, 0.3) is 17.5 Å². The number of aromatic nitrogens is 2. The number of aryl methyl sites for hydroxylation is 1. The highest BCUT2D eigenvalue weighted by atomic mass is 32.1. The van der Waals surface area contributed by atoms with Gasteiger partial charge in [-0.05, 0) is 86.6 Å². The van der Waals surface area contributed by atoms with Gasteiger partial charge in [-0.2, -0.15) is 0 Å². The van der Waals surface area contributed by atoms with Crippen molar-refractivity contribution in [2.75, 3.05) is 11.4 Å². The molecule has 2 amide bonds. The van der Waals surface area contributed by atoms with Crippen LogP contribution in [0.4, 0.5) is 11.4 Å². The summed E-state index contributed by atoms with van der Waals surface area (Å²) < 4.78 is 7.75. The average Bonchev–Trinajstić information content (AvgIpc) is 3.27. The molecule has 0 aliphatic carbocycles. The summed E-state index contributed by atoms with van der Waals surface area (Å²) in [4.78, 5) is 44.4. The van der Waals surface area contributed by atoms with Gasteiger partial charge in [-0.25, -0.2) is 4.98 Å². The molecule has 212 valence electrons. The molecule has 0 spiro atoms. The minimum atomic E-state index is -0.521. The molecule has 0 bridgehead atoms. The van der Waals surface area contributed by atoms with Crippen LogP contribution >= 0.6 is 12.2 Å². The number of amides is 2. The Morgan fingerprint density at radius 3 is 2.31 bits per heavy atom. The minimum absolute atomic E-state index is 0.0421. The maximum absolute atomic E-state index is 13.7. The molecule has 3 heterocycles. The Hall–Kier alpha value is -5.16. The van der Waals surface area contributed by atoms with Gasteiger partial charge in [-0.1, -0.05) is 25.1 Å². The summed E-state index contributed by atoms with van der Waals surface area (Å²) in [6.07, 6.45) is 3.47. The fourth-order valence-electron chi connectivity index (χ4n) is 4.81. The van der Waals surface area contributed by atoms with Crippen LogP contribution in [0.5, 0.6) is 11.6 Å². The van der Waals surface area contributed by atoms with Crippen LogP contribution in [0.25, 0.3) is 11.8 Å². The van der Waals surface area contributed by atoms with Crippen molar-refractivity contribution in [1.82, 2.24) is 14.5 Å². The van der Waals surface area contributed by atoms with Crippen molar-refractivity contribution in [2.24, 2.45) is 0 Å².